The molecule has 0 aliphatic carbocycles. The molecule has 0 aromatic heterocycles. The maximum Gasteiger partial charge on any atom is 0.129 e. The molecule has 0 saturated heterocycles. The average molecular weight is 263 g/mol. The summed E-state index contributed by atoms with van der Waals surface area (Å²) in [5.74, 6) is -0.960. The van der Waals surface area contributed by atoms with Crippen LogP contribution in [0.15, 0.2) is 18.2 Å². The van der Waals surface area contributed by atoms with E-state index in [-0.39, 0.29) is 0 Å². The normalized spacial score (nSPS) is 12.9. The van der Waals surface area contributed by atoms with Crippen molar-refractivity contribution in [2.24, 2.45) is 0 Å². The van der Waals surface area contributed by atoms with E-state index in [1.807, 2.05) is 0 Å². The van der Waals surface area contributed by atoms with E-state index in [4.69, 9.17) is 0 Å². The van der Waals surface area contributed by atoms with Crippen molar-refractivity contribution in [3.05, 3.63) is 35.4 Å². The molecule has 0 saturated carbocycles. The van der Waals surface area contributed by atoms with Gasteiger partial charge in [-0.1, -0.05) is 28.9 Å². The van der Waals surface area contributed by atoms with E-state index in [0.29, 0.717) is 16.8 Å². The third-order valence-corrected chi connectivity index (χ3v) is 3.29. The second-order valence-corrected chi connectivity index (χ2v) is 4.57. The van der Waals surface area contributed by atoms with Gasteiger partial charge in [0.05, 0.1) is 0 Å². The number of alkyl halides is 1. The lowest BCUT2D eigenvalue weighted by Gasteiger charge is -2.07. The number of hydrogen-bond donors (Lipinski definition) is 0. The van der Waals surface area contributed by atoms with E-state index in [2.05, 4.69) is 22.9 Å². The summed E-state index contributed by atoms with van der Waals surface area (Å²) in [5.41, 5.74) is 0.587. The molecule has 0 amide bonds. The zero-order valence-corrected chi connectivity index (χ0v) is 9.65. The van der Waals surface area contributed by atoms with Crippen LogP contribution in [0.3, 0.4) is 0 Å². The van der Waals surface area contributed by atoms with Gasteiger partial charge in [-0.3, -0.25) is 0 Å². The molecule has 0 spiro atoms. The van der Waals surface area contributed by atoms with Gasteiger partial charge >= 0.3 is 0 Å². The number of benzene rings is 1. The predicted octanol–water partition coefficient (Wildman–Crippen LogP) is 4.07. The standard InChI is InChI=1S/C11H13BrF2/c1-2-9(12)5-3-8-4-6-10(13)7-11(8)14/h4,6-7,9H,2-3,5H2,1H3. The largest absolute Gasteiger partial charge is 0.207 e. The van der Waals surface area contributed by atoms with Gasteiger partial charge in [-0.2, -0.15) is 0 Å². The van der Waals surface area contributed by atoms with Crippen LogP contribution in [0.4, 0.5) is 8.78 Å². The van der Waals surface area contributed by atoms with Gasteiger partial charge in [0.15, 0.2) is 0 Å². The Morgan fingerprint density at radius 2 is 2.07 bits per heavy atom. The van der Waals surface area contributed by atoms with Crippen molar-refractivity contribution in [1.29, 1.82) is 0 Å². The Balaban J connectivity index is 2.59. The highest BCUT2D eigenvalue weighted by Gasteiger charge is 2.06. The van der Waals surface area contributed by atoms with Gasteiger partial charge in [0, 0.05) is 10.9 Å². The van der Waals surface area contributed by atoms with Crippen molar-refractivity contribution in [1.82, 2.24) is 0 Å². The Labute approximate surface area is 91.5 Å². The second-order valence-electron chi connectivity index (χ2n) is 3.28. The van der Waals surface area contributed by atoms with E-state index in [1.165, 1.54) is 12.1 Å². The minimum atomic E-state index is -0.517. The molecule has 0 nitrogen and oxygen atoms in total. The monoisotopic (exact) mass is 262 g/mol. The van der Waals surface area contributed by atoms with Crippen LogP contribution in [0.25, 0.3) is 0 Å². The van der Waals surface area contributed by atoms with Crippen LogP contribution in [0.5, 0.6) is 0 Å². The fourth-order valence-electron chi connectivity index (χ4n) is 1.24. The molecule has 1 atom stereocenters. The van der Waals surface area contributed by atoms with E-state index in [1.54, 1.807) is 0 Å². The van der Waals surface area contributed by atoms with Gasteiger partial charge < -0.3 is 0 Å². The lowest BCUT2D eigenvalue weighted by molar-refractivity contribution is 0.568. The van der Waals surface area contributed by atoms with Crippen molar-refractivity contribution >= 4 is 15.9 Å². The molecule has 1 rings (SSSR count). The van der Waals surface area contributed by atoms with Gasteiger partial charge in [-0.25, -0.2) is 8.78 Å². The molecule has 0 heterocycles. The lowest BCUT2D eigenvalue weighted by Crippen LogP contribution is -2.00. The summed E-state index contributed by atoms with van der Waals surface area (Å²) in [7, 11) is 0. The highest BCUT2D eigenvalue weighted by atomic mass is 79.9. The molecule has 0 N–H and O–H groups in total. The molecular weight excluding hydrogens is 250 g/mol. The van der Waals surface area contributed by atoms with Crippen LogP contribution in [0.2, 0.25) is 0 Å². The van der Waals surface area contributed by atoms with Crippen molar-refractivity contribution in [3.8, 4) is 0 Å². The third kappa shape index (κ3) is 3.37. The number of aryl methyl sites for hydroxylation is 1. The summed E-state index contributed by atoms with van der Waals surface area (Å²) in [6.45, 7) is 2.07. The van der Waals surface area contributed by atoms with Gasteiger partial charge in [-0.05, 0) is 30.9 Å². The van der Waals surface area contributed by atoms with Crippen LogP contribution in [-0.4, -0.2) is 4.83 Å². The van der Waals surface area contributed by atoms with Gasteiger partial charge in [-0.15, -0.1) is 0 Å². The first-order valence-corrected chi connectivity index (χ1v) is 5.63. The molecule has 3 heteroatoms. The smallest absolute Gasteiger partial charge is 0.129 e. The summed E-state index contributed by atoms with van der Waals surface area (Å²) in [5, 5.41) is 0. The first kappa shape index (κ1) is 11.6. The van der Waals surface area contributed by atoms with Crippen LogP contribution in [-0.2, 0) is 6.42 Å². The lowest BCUT2D eigenvalue weighted by atomic mass is 10.1. The van der Waals surface area contributed by atoms with Crippen molar-refractivity contribution in [3.63, 3.8) is 0 Å². The molecule has 78 valence electrons. The van der Waals surface area contributed by atoms with Crippen molar-refractivity contribution in [2.45, 2.75) is 31.0 Å². The summed E-state index contributed by atoms with van der Waals surface area (Å²) in [6, 6.07) is 3.75. The Hall–Kier alpha value is -0.440. The van der Waals surface area contributed by atoms with E-state index in [9.17, 15) is 8.78 Å². The first-order valence-electron chi connectivity index (χ1n) is 4.71. The number of halogens is 3. The minimum absolute atomic E-state index is 0.409. The predicted molar refractivity (Wildman–Crippen MR) is 57.7 cm³/mol. The Kier molecular flexibility index (Phi) is 4.52. The zero-order chi connectivity index (χ0) is 10.6. The number of hydrogen-bond acceptors (Lipinski definition) is 0. The molecule has 0 radical (unpaired) electrons. The van der Waals surface area contributed by atoms with E-state index < -0.39 is 11.6 Å². The van der Waals surface area contributed by atoms with Crippen LogP contribution in [0, 0.1) is 11.6 Å². The average Bonchev–Trinajstić information content (AvgIpc) is 2.16. The Bertz CT molecular complexity index is 299. The molecule has 1 aromatic carbocycles. The summed E-state index contributed by atoms with van der Waals surface area (Å²) < 4.78 is 25.7. The summed E-state index contributed by atoms with van der Waals surface area (Å²) in [4.78, 5) is 0.409. The maximum absolute atomic E-state index is 13.1. The fourth-order valence-corrected chi connectivity index (χ4v) is 1.47. The molecular formula is C11H13BrF2. The van der Waals surface area contributed by atoms with Crippen LogP contribution < -0.4 is 0 Å². The number of rotatable bonds is 4. The minimum Gasteiger partial charge on any atom is -0.207 e. The van der Waals surface area contributed by atoms with Crippen molar-refractivity contribution < 1.29 is 8.78 Å². The summed E-state index contributed by atoms with van der Waals surface area (Å²) >= 11 is 3.48. The van der Waals surface area contributed by atoms with Gasteiger partial charge in [0.2, 0.25) is 0 Å². The van der Waals surface area contributed by atoms with Crippen LogP contribution >= 0.6 is 15.9 Å². The molecule has 0 aliphatic rings. The van der Waals surface area contributed by atoms with E-state index in [0.717, 1.165) is 18.9 Å². The van der Waals surface area contributed by atoms with E-state index >= 15 is 0 Å². The van der Waals surface area contributed by atoms with Crippen LogP contribution in [0.1, 0.15) is 25.3 Å². The van der Waals surface area contributed by atoms with Gasteiger partial charge in [0.25, 0.3) is 0 Å². The maximum atomic E-state index is 13.1. The summed E-state index contributed by atoms with van der Waals surface area (Å²) in [6.07, 6.45) is 2.54. The quantitative estimate of drug-likeness (QED) is 0.718. The molecule has 0 aliphatic heterocycles. The Morgan fingerprint density at radius 1 is 1.36 bits per heavy atom. The zero-order valence-electron chi connectivity index (χ0n) is 8.06. The highest BCUT2D eigenvalue weighted by Crippen LogP contribution is 2.16. The molecule has 1 unspecified atom stereocenters. The van der Waals surface area contributed by atoms with Crippen molar-refractivity contribution in [2.75, 3.05) is 0 Å². The topological polar surface area (TPSA) is 0 Å². The first-order chi connectivity index (χ1) is 6.63. The SMILES string of the molecule is CCC(Br)CCc1ccc(F)cc1F. The highest BCUT2D eigenvalue weighted by molar-refractivity contribution is 9.09. The molecule has 0 fully saturated rings. The fraction of sp³-hybridized carbons (Fsp3) is 0.455. The molecule has 0 bridgehead atoms. The Morgan fingerprint density at radius 3 is 2.64 bits per heavy atom. The molecule has 1 aromatic rings. The third-order valence-electron chi connectivity index (χ3n) is 2.18. The van der Waals surface area contributed by atoms with Gasteiger partial charge in [0.1, 0.15) is 11.6 Å². The second kappa shape index (κ2) is 5.44. The molecule has 14 heavy (non-hydrogen) atoms.